The highest BCUT2D eigenvalue weighted by Gasteiger charge is 2.16. The minimum absolute atomic E-state index is 0.609. The second-order valence-electron chi connectivity index (χ2n) is 4.69. The fraction of sp³-hybridized carbons (Fsp3) is 0.833. The Morgan fingerprint density at radius 2 is 2.53 bits per heavy atom. The number of hydrogen-bond donors (Lipinski definition) is 1. The average Bonchev–Trinajstić information content (AvgIpc) is 2.97. The van der Waals surface area contributed by atoms with Gasteiger partial charge in [0.15, 0.2) is 0 Å². The van der Waals surface area contributed by atoms with Crippen molar-refractivity contribution in [1.82, 2.24) is 20.3 Å². The normalized spacial score (nSPS) is 19.9. The Kier molecular flexibility index (Phi) is 4.94. The lowest BCUT2D eigenvalue weighted by Crippen LogP contribution is -2.14. The second kappa shape index (κ2) is 6.71. The van der Waals surface area contributed by atoms with E-state index in [2.05, 4.69) is 22.6 Å². The molecular weight excluding hydrogens is 216 g/mol. The first-order valence-corrected chi connectivity index (χ1v) is 6.56. The van der Waals surface area contributed by atoms with Crippen molar-refractivity contribution in [3.05, 3.63) is 11.9 Å². The molecule has 0 bridgehead atoms. The Morgan fingerprint density at radius 3 is 3.29 bits per heavy atom. The molecule has 1 aliphatic heterocycles. The maximum atomic E-state index is 5.35. The van der Waals surface area contributed by atoms with Gasteiger partial charge in [-0.05, 0) is 19.4 Å². The van der Waals surface area contributed by atoms with Gasteiger partial charge in [0, 0.05) is 31.8 Å². The van der Waals surface area contributed by atoms with Gasteiger partial charge in [0.1, 0.15) is 0 Å². The van der Waals surface area contributed by atoms with Crippen molar-refractivity contribution in [1.29, 1.82) is 0 Å². The van der Waals surface area contributed by atoms with Crippen molar-refractivity contribution in [2.45, 2.75) is 39.3 Å². The summed E-state index contributed by atoms with van der Waals surface area (Å²) in [5.74, 6) is 0.609. The van der Waals surface area contributed by atoms with Gasteiger partial charge in [0.2, 0.25) is 0 Å². The van der Waals surface area contributed by atoms with Crippen LogP contribution in [0.3, 0.4) is 0 Å². The van der Waals surface area contributed by atoms with Crippen LogP contribution in [-0.4, -0.2) is 34.8 Å². The predicted molar refractivity (Wildman–Crippen MR) is 65.6 cm³/mol. The topological polar surface area (TPSA) is 52.0 Å². The maximum Gasteiger partial charge on any atom is 0.0964 e. The first-order chi connectivity index (χ1) is 8.38. The van der Waals surface area contributed by atoms with Gasteiger partial charge in [-0.3, -0.25) is 4.68 Å². The van der Waals surface area contributed by atoms with E-state index in [9.17, 15) is 0 Å². The van der Waals surface area contributed by atoms with Crippen molar-refractivity contribution in [2.24, 2.45) is 5.92 Å². The molecule has 1 aromatic rings. The van der Waals surface area contributed by atoms with E-state index < -0.39 is 0 Å². The molecule has 17 heavy (non-hydrogen) atoms. The summed E-state index contributed by atoms with van der Waals surface area (Å²) in [6, 6.07) is 0. The Hall–Kier alpha value is -0.940. The summed E-state index contributed by atoms with van der Waals surface area (Å²) in [7, 11) is 0. The SMILES string of the molecule is CCCCNCc1cn(C[C@@H]2CCOC2)nn1. The quantitative estimate of drug-likeness (QED) is 0.725. The molecule has 1 fully saturated rings. The summed E-state index contributed by atoms with van der Waals surface area (Å²) >= 11 is 0. The fourth-order valence-electron chi connectivity index (χ4n) is 2.02. The monoisotopic (exact) mass is 238 g/mol. The van der Waals surface area contributed by atoms with Crippen LogP contribution >= 0.6 is 0 Å². The largest absolute Gasteiger partial charge is 0.381 e. The first kappa shape index (κ1) is 12.5. The highest BCUT2D eigenvalue weighted by molar-refractivity contribution is 4.91. The summed E-state index contributed by atoms with van der Waals surface area (Å²) in [5, 5.41) is 11.7. The van der Waals surface area contributed by atoms with Gasteiger partial charge in [-0.2, -0.15) is 0 Å². The number of unbranched alkanes of at least 4 members (excludes halogenated alkanes) is 1. The van der Waals surface area contributed by atoms with Crippen molar-refractivity contribution >= 4 is 0 Å². The Balaban J connectivity index is 1.71. The average molecular weight is 238 g/mol. The third kappa shape index (κ3) is 4.09. The van der Waals surface area contributed by atoms with Crippen LogP contribution < -0.4 is 5.32 Å². The van der Waals surface area contributed by atoms with Gasteiger partial charge >= 0.3 is 0 Å². The van der Waals surface area contributed by atoms with Crippen molar-refractivity contribution in [2.75, 3.05) is 19.8 Å². The van der Waals surface area contributed by atoms with E-state index >= 15 is 0 Å². The molecule has 1 aliphatic rings. The third-order valence-electron chi connectivity index (χ3n) is 3.07. The number of rotatable bonds is 7. The molecule has 96 valence electrons. The van der Waals surface area contributed by atoms with E-state index in [0.717, 1.165) is 45.0 Å². The van der Waals surface area contributed by atoms with E-state index in [-0.39, 0.29) is 0 Å². The van der Waals surface area contributed by atoms with Crippen molar-refractivity contribution in [3.8, 4) is 0 Å². The molecule has 0 aromatic carbocycles. The van der Waals surface area contributed by atoms with Crippen LogP contribution in [0.2, 0.25) is 0 Å². The molecular formula is C12H22N4O. The first-order valence-electron chi connectivity index (χ1n) is 6.56. The van der Waals surface area contributed by atoms with Crippen LogP contribution in [0.5, 0.6) is 0 Å². The predicted octanol–water partition coefficient (Wildman–Crippen LogP) is 1.20. The molecule has 1 atom stereocenters. The highest BCUT2D eigenvalue weighted by atomic mass is 16.5. The van der Waals surface area contributed by atoms with Gasteiger partial charge in [0.25, 0.3) is 0 Å². The Bertz CT molecular complexity index is 320. The van der Waals surface area contributed by atoms with Crippen molar-refractivity contribution < 1.29 is 4.74 Å². The van der Waals surface area contributed by atoms with E-state index in [4.69, 9.17) is 4.74 Å². The molecule has 0 radical (unpaired) electrons. The molecule has 1 saturated heterocycles. The van der Waals surface area contributed by atoms with E-state index in [1.165, 1.54) is 12.8 Å². The Labute approximate surface area is 103 Å². The number of nitrogens with one attached hydrogen (secondary N) is 1. The standard InChI is InChI=1S/C12H22N4O/c1-2-3-5-13-7-12-9-16(15-14-12)8-11-4-6-17-10-11/h9,11,13H,2-8,10H2,1H3/t11-/m0/s1. The molecule has 5 nitrogen and oxygen atoms in total. The molecule has 0 spiro atoms. The van der Waals surface area contributed by atoms with Gasteiger partial charge in [-0.25, -0.2) is 0 Å². The second-order valence-corrected chi connectivity index (χ2v) is 4.69. The van der Waals surface area contributed by atoms with Gasteiger partial charge in [-0.1, -0.05) is 18.6 Å². The number of ether oxygens (including phenoxy) is 1. The third-order valence-corrected chi connectivity index (χ3v) is 3.07. The summed E-state index contributed by atoms with van der Waals surface area (Å²) in [4.78, 5) is 0. The molecule has 0 unspecified atom stereocenters. The zero-order valence-electron chi connectivity index (χ0n) is 10.6. The summed E-state index contributed by atoms with van der Waals surface area (Å²) in [6.07, 6.45) is 5.62. The number of hydrogen-bond acceptors (Lipinski definition) is 4. The lowest BCUT2D eigenvalue weighted by Gasteiger charge is -2.05. The van der Waals surface area contributed by atoms with Crippen molar-refractivity contribution in [3.63, 3.8) is 0 Å². The van der Waals surface area contributed by atoms with Crippen LogP contribution in [0.4, 0.5) is 0 Å². The lowest BCUT2D eigenvalue weighted by molar-refractivity contribution is 0.181. The van der Waals surface area contributed by atoms with E-state index in [1.54, 1.807) is 0 Å². The minimum atomic E-state index is 0.609. The molecule has 5 heteroatoms. The number of aromatic nitrogens is 3. The summed E-state index contributed by atoms with van der Waals surface area (Å²) < 4.78 is 7.29. The molecule has 2 heterocycles. The smallest absolute Gasteiger partial charge is 0.0964 e. The zero-order chi connectivity index (χ0) is 11.9. The van der Waals surface area contributed by atoms with Gasteiger partial charge < -0.3 is 10.1 Å². The maximum absolute atomic E-state index is 5.35. The van der Waals surface area contributed by atoms with Gasteiger partial charge in [-0.15, -0.1) is 5.10 Å². The molecule has 0 amide bonds. The highest BCUT2D eigenvalue weighted by Crippen LogP contribution is 2.14. The van der Waals surface area contributed by atoms with Crippen LogP contribution in [-0.2, 0) is 17.8 Å². The van der Waals surface area contributed by atoms with E-state index in [1.807, 2.05) is 10.9 Å². The van der Waals surface area contributed by atoms with Gasteiger partial charge in [0.05, 0.1) is 12.3 Å². The molecule has 1 N–H and O–H groups in total. The van der Waals surface area contributed by atoms with E-state index in [0.29, 0.717) is 5.92 Å². The van der Waals surface area contributed by atoms with Crippen LogP contribution in [0.1, 0.15) is 31.9 Å². The minimum Gasteiger partial charge on any atom is -0.381 e. The molecule has 2 rings (SSSR count). The molecule has 0 saturated carbocycles. The summed E-state index contributed by atoms with van der Waals surface area (Å²) in [5.41, 5.74) is 1.03. The Morgan fingerprint density at radius 1 is 1.59 bits per heavy atom. The van der Waals surface area contributed by atoms with Crippen LogP contribution in [0.15, 0.2) is 6.20 Å². The molecule has 1 aromatic heterocycles. The zero-order valence-corrected chi connectivity index (χ0v) is 10.6. The molecule has 0 aliphatic carbocycles. The van der Waals surface area contributed by atoms with Crippen LogP contribution in [0, 0.1) is 5.92 Å². The summed E-state index contributed by atoms with van der Waals surface area (Å²) in [6.45, 7) is 6.76. The fourth-order valence-corrected chi connectivity index (χ4v) is 2.02. The lowest BCUT2D eigenvalue weighted by atomic mass is 10.1. The number of nitrogens with zero attached hydrogens (tertiary/aromatic N) is 3. The van der Waals surface area contributed by atoms with Crippen LogP contribution in [0.25, 0.3) is 0 Å².